The number of hydrogen-bond acceptors (Lipinski definition) is 4. The van der Waals surface area contributed by atoms with E-state index in [4.69, 9.17) is 0 Å². The monoisotopic (exact) mass is 455 g/mol. The fraction of sp³-hybridized carbons (Fsp3) is 0.815. The van der Waals surface area contributed by atoms with E-state index in [2.05, 4.69) is 24.3 Å². The maximum atomic E-state index is 13.5. The van der Waals surface area contributed by atoms with Crippen molar-refractivity contribution in [3.05, 3.63) is 18.0 Å². The molecule has 5 rings (SSSR count). The van der Waals surface area contributed by atoms with Crippen LogP contribution in [0.4, 0.5) is 0 Å². The van der Waals surface area contributed by atoms with Crippen LogP contribution >= 0.6 is 0 Å². The number of nitrogens with zero attached hydrogens (tertiary/aromatic N) is 2. The average Bonchev–Trinajstić information content (AvgIpc) is 3.37. The zero-order valence-electron chi connectivity index (χ0n) is 20.8. The Balaban J connectivity index is 1.31. The van der Waals surface area contributed by atoms with Crippen molar-refractivity contribution in [3.63, 3.8) is 0 Å². The van der Waals surface area contributed by atoms with Gasteiger partial charge in [0.15, 0.2) is 5.78 Å². The Bertz CT molecular complexity index is 939. The van der Waals surface area contributed by atoms with Crippen molar-refractivity contribution < 1.29 is 14.7 Å². The molecule has 4 saturated carbocycles. The van der Waals surface area contributed by atoms with Crippen molar-refractivity contribution in [1.29, 1.82) is 0 Å². The number of ketones is 1. The van der Waals surface area contributed by atoms with E-state index in [0.717, 1.165) is 50.4 Å². The molecule has 182 valence electrons. The van der Waals surface area contributed by atoms with Crippen molar-refractivity contribution in [2.45, 2.75) is 90.7 Å². The largest absolute Gasteiger partial charge is 0.390 e. The Morgan fingerprint density at radius 3 is 2.58 bits per heavy atom. The van der Waals surface area contributed by atoms with Crippen molar-refractivity contribution in [2.24, 2.45) is 40.4 Å². The molecule has 4 aliphatic rings. The molecule has 8 atom stereocenters. The number of nitrogens with one attached hydrogen (secondary N) is 1. The molecule has 6 nitrogen and oxygen atoms in total. The lowest BCUT2D eigenvalue weighted by Crippen LogP contribution is -2.55. The zero-order valence-corrected chi connectivity index (χ0v) is 20.8. The molecule has 1 amide bonds. The Morgan fingerprint density at radius 1 is 1.06 bits per heavy atom. The number of fused-ring (bicyclic) bond motifs is 5. The lowest BCUT2D eigenvalue weighted by atomic mass is 9.44. The summed E-state index contributed by atoms with van der Waals surface area (Å²) in [5.41, 5.74) is 0.436. The Kier molecular flexibility index (Phi) is 5.54. The van der Waals surface area contributed by atoms with E-state index >= 15 is 0 Å². The predicted octanol–water partition coefficient (Wildman–Crippen LogP) is 4.22. The minimum atomic E-state index is -0.491. The van der Waals surface area contributed by atoms with Crippen LogP contribution in [-0.2, 0) is 11.3 Å². The molecule has 2 N–H and O–H groups in total. The summed E-state index contributed by atoms with van der Waals surface area (Å²) in [6, 6.07) is 0. The van der Waals surface area contributed by atoms with E-state index in [9.17, 15) is 14.7 Å². The van der Waals surface area contributed by atoms with Crippen molar-refractivity contribution in [1.82, 2.24) is 15.1 Å². The smallest absolute Gasteiger partial charge is 0.254 e. The van der Waals surface area contributed by atoms with Crippen LogP contribution in [0.25, 0.3) is 0 Å². The molecule has 0 unspecified atom stereocenters. The topological polar surface area (TPSA) is 84.2 Å². The molecule has 4 aliphatic carbocycles. The molecule has 1 aromatic heterocycles. The molecule has 0 spiro atoms. The molecule has 4 fully saturated rings. The summed E-state index contributed by atoms with van der Waals surface area (Å²) in [6.07, 6.45) is 13.2. The molecule has 1 aromatic rings. The summed E-state index contributed by atoms with van der Waals surface area (Å²) in [7, 11) is 1.60. The normalized spacial score (nSPS) is 44.5. The Morgan fingerprint density at radius 2 is 1.82 bits per heavy atom. The maximum Gasteiger partial charge on any atom is 0.254 e. The first-order chi connectivity index (χ1) is 15.6. The second-order valence-corrected chi connectivity index (χ2v) is 12.5. The first-order valence-corrected chi connectivity index (χ1v) is 13.1. The van der Waals surface area contributed by atoms with Crippen LogP contribution in [0.15, 0.2) is 12.4 Å². The number of rotatable bonds is 4. The highest BCUT2D eigenvalue weighted by atomic mass is 16.3. The molecule has 0 radical (unpaired) electrons. The fourth-order valence-corrected chi connectivity index (χ4v) is 8.94. The summed E-state index contributed by atoms with van der Waals surface area (Å²) in [5.74, 6) is 2.92. The lowest BCUT2D eigenvalue weighted by molar-refractivity contribution is -0.151. The Labute approximate surface area is 197 Å². The molecule has 1 heterocycles. The van der Waals surface area contributed by atoms with Crippen molar-refractivity contribution >= 4 is 11.7 Å². The van der Waals surface area contributed by atoms with Gasteiger partial charge in [0, 0.05) is 19.2 Å². The third-order valence-electron chi connectivity index (χ3n) is 10.8. The van der Waals surface area contributed by atoms with Crippen LogP contribution in [0.1, 0.15) is 88.9 Å². The van der Waals surface area contributed by atoms with Crippen LogP contribution in [0.3, 0.4) is 0 Å². The molecular formula is C27H41N3O3. The summed E-state index contributed by atoms with van der Waals surface area (Å²) < 4.78 is 1.63. The van der Waals surface area contributed by atoms with Gasteiger partial charge >= 0.3 is 0 Å². The summed E-state index contributed by atoms with van der Waals surface area (Å²) in [6.45, 7) is 7.20. The second kappa shape index (κ2) is 7.93. The van der Waals surface area contributed by atoms with Gasteiger partial charge < -0.3 is 10.4 Å². The Hall–Kier alpha value is -1.69. The van der Waals surface area contributed by atoms with E-state index < -0.39 is 5.60 Å². The van der Waals surface area contributed by atoms with E-state index in [-0.39, 0.29) is 29.6 Å². The molecule has 0 bridgehead atoms. The van der Waals surface area contributed by atoms with Gasteiger partial charge in [0.05, 0.1) is 23.9 Å². The average molecular weight is 456 g/mol. The van der Waals surface area contributed by atoms with E-state index in [1.54, 1.807) is 17.9 Å². The van der Waals surface area contributed by atoms with Gasteiger partial charge in [-0.3, -0.25) is 14.3 Å². The predicted molar refractivity (Wildman–Crippen MR) is 126 cm³/mol. The molecule has 0 saturated heterocycles. The van der Waals surface area contributed by atoms with Crippen LogP contribution in [-0.4, -0.2) is 39.2 Å². The number of carbonyl (C=O) groups excluding carboxylic acids is 2. The van der Waals surface area contributed by atoms with Crippen LogP contribution in [0, 0.1) is 40.4 Å². The van der Waals surface area contributed by atoms with E-state index in [1.165, 1.54) is 25.5 Å². The highest BCUT2D eigenvalue weighted by molar-refractivity contribution is 5.93. The minimum absolute atomic E-state index is 0.0817. The summed E-state index contributed by atoms with van der Waals surface area (Å²) in [5, 5.41) is 17.6. The molecule has 0 aliphatic heterocycles. The number of hydrogen-bond donors (Lipinski definition) is 2. The number of Topliss-reactive ketones (excluding diaryl/α,β-unsaturated/α-hetero) is 1. The highest BCUT2D eigenvalue weighted by Crippen LogP contribution is 2.68. The molecule has 6 heteroatoms. The van der Waals surface area contributed by atoms with Gasteiger partial charge in [-0.05, 0) is 99.2 Å². The third kappa shape index (κ3) is 3.67. The zero-order chi connectivity index (χ0) is 23.6. The van der Waals surface area contributed by atoms with E-state index in [0.29, 0.717) is 22.8 Å². The lowest BCUT2D eigenvalue weighted by Gasteiger charge is -2.61. The number of aliphatic hydroxyl groups is 1. The highest BCUT2D eigenvalue weighted by Gasteiger charge is 2.61. The summed E-state index contributed by atoms with van der Waals surface area (Å²) >= 11 is 0. The van der Waals surface area contributed by atoms with Gasteiger partial charge in [0.25, 0.3) is 5.91 Å². The molecule has 33 heavy (non-hydrogen) atoms. The van der Waals surface area contributed by atoms with E-state index in [1.807, 2.05) is 6.92 Å². The van der Waals surface area contributed by atoms with Crippen molar-refractivity contribution in [2.75, 3.05) is 7.05 Å². The van der Waals surface area contributed by atoms with Crippen LogP contribution in [0.5, 0.6) is 0 Å². The van der Waals surface area contributed by atoms with Crippen LogP contribution < -0.4 is 5.32 Å². The summed E-state index contributed by atoms with van der Waals surface area (Å²) in [4.78, 5) is 25.3. The standard InChI is InChI=1S/C27H41N3O3/c1-25(33)11-12-26(2)18(13-25)5-6-19-20-7-8-22(27(20,3)10-9-21(19)26)23(31)16-30-15-17(14-29-30)24(32)28-4/h14-15,18-22,33H,5-13,16H2,1-4H3,(H,28,32)/t18-,19-,20-,21-,22+,25+,26-,27-/m0/s1. The number of amides is 1. The van der Waals surface area contributed by atoms with Gasteiger partial charge in [0.1, 0.15) is 0 Å². The van der Waals surface area contributed by atoms with Crippen LogP contribution in [0.2, 0.25) is 0 Å². The van der Waals surface area contributed by atoms with Gasteiger partial charge in [-0.1, -0.05) is 13.8 Å². The number of aromatic nitrogens is 2. The number of carbonyl (C=O) groups is 2. The first kappa shape index (κ1) is 23.1. The first-order valence-electron chi connectivity index (χ1n) is 13.1. The maximum absolute atomic E-state index is 13.5. The van der Waals surface area contributed by atoms with Gasteiger partial charge in [-0.15, -0.1) is 0 Å². The van der Waals surface area contributed by atoms with Gasteiger partial charge in [-0.2, -0.15) is 5.10 Å². The molecular weight excluding hydrogens is 414 g/mol. The fourth-order valence-electron chi connectivity index (χ4n) is 8.94. The SMILES string of the molecule is CNC(=O)c1cnn(CC(=O)[C@H]2CC[C@H]3[C@@H]4CC[C@H]5C[C@](C)(O)CC[C@]5(C)[C@H]4CC[C@]23C)c1. The minimum Gasteiger partial charge on any atom is -0.390 e. The van der Waals surface area contributed by atoms with Crippen molar-refractivity contribution in [3.8, 4) is 0 Å². The second-order valence-electron chi connectivity index (χ2n) is 12.5. The van der Waals surface area contributed by atoms with Gasteiger partial charge in [-0.25, -0.2) is 0 Å². The van der Waals surface area contributed by atoms with Gasteiger partial charge in [0.2, 0.25) is 0 Å². The quantitative estimate of drug-likeness (QED) is 0.712. The third-order valence-corrected chi connectivity index (χ3v) is 10.8. The molecule has 0 aromatic carbocycles.